The standard InChI is InChI=1S/C7H8O/c1-6(8)2-3-7-4-5-7/h2-4H,5H2,1H3/b3-2+. The monoisotopic (exact) mass is 108 g/mol. The van der Waals surface area contributed by atoms with E-state index in [4.69, 9.17) is 0 Å². The Balaban J connectivity index is 2.34. The van der Waals surface area contributed by atoms with Gasteiger partial charge in [0.15, 0.2) is 5.78 Å². The molecule has 1 rings (SSSR count). The predicted molar refractivity (Wildman–Crippen MR) is 32.5 cm³/mol. The van der Waals surface area contributed by atoms with Crippen molar-refractivity contribution in [1.82, 2.24) is 0 Å². The summed E-state index contributed by atoms with van der Waals surface area (Å²) < 4.78 is 0. The van der Waals surface area contributed by atoms with Crippen molar-refractivity contribution < 1.29 is 4.79 Å². The van der Waals surface area contributed by atoms with Crippen molar-refractivity contribution in [3.63, 3.8) is 0 Å². The highest BCUT2D eigenvalue weighted by Gasteiger charge is 2.00. The maximum atomic E-state index is 10.3. The van der Waals surface area contributed by atoms with Gasteiger partial charge in [0.25, 0.3) is 0 Å². The van der Waals surface area contributed by atoms with E-state index in [2.05, 4.69) is 6.08 Å². The molecule has 0 aliphatic heterocycles. The Labute approximate surface area is 48.7 Å². The Morgan fingerprint density at radius 2 is 2.50 bits per heavy atom. The minimum Gasteiger partial charge on any atom is -0.295 e. The van der Waals surface area contributed by atoms with Crippen LogP contribution in [-0.2, 0) is 4.79 Å². The summed E-state index contributed by atoms with van der Waals surface area (Å²) in [6, 6.07) is 0. The number of carbonyl (C=O) groups is 1. The summed E-state index contributed by atoms with van der Waals surface area (Å²) in [5.74, 6) is 0.123. The average Bonchev–Trinajstić information content (AvgIpc) is 2.41. The molecule has 0 aromatic carbocycles. The number of hydrogen-bond acceptors (Lipinski definition) is 1. The lowest BCUT2D eigenvalue weighted by molar-refractivity contribution is -0.112. The molecule has 0 atom stereocenters. The van der Waals surface area contributed by atoms with E-state index < -0.39 is 0 Å². The molecule has 1 nitrogen and oxygen atoms in total. The molecule has 0 aromatic heterocycles. The third-order valence-electron chi connectivity index (χ3n) is 0.972. The van der Waals surface area contributed by atoms with Gasteiger partial charge in [-0.05, 0) is 25.0 Å². The molecule has 0 saturated carbocycles. The SMILES string of the molecule is CC(=O)/C=C/C1=CC1. The van der Waals surface area contributed by atoms with Crippen LogP contribution in [-0.4, -0.2) is 5.78 Å². The Morgan fingerprint density at radius 1 is 1.88 bits per heavy atom. The lowest BCUT2D eigenvalue weighted by atomic mass is 10.3. The lowest BCUT2D eigenvalue weighted by Crippen LogP contribution is -1.77. The Morgan fingerprint density at radius 3 is 2.88 bits per heavy atom. The third kappa shape index (κ3) is 1.73. The van der Waals surface area contributed by atoms with Crippen molar-refractivity contribution in [1.29, 1.82) is 0 Å². The van der Waals surface area contributed by atoms with E-state index in [9.17, 15) is 4.79 Å². The molecule has 0 saturated heterocycles. The van der Waals surface area contributed by atoms with Gasteiger partial charge in [0.05, 0.1) is 0 Å². The van der Waals surface area contributed by atoms with Crippen LogP contribution in [0, 0.1) is 0 Å². The molecule has 0 radical (unpaired) electrons. The van der Waals surface area contributed by atoms with Crippen LogP contribution in [0.25, 0.3) is 0 Å². The van der Waals surface area contributed by atoms with Gasteiger partial charge in [0, 0.05) is 0 Å². The van der Waals surface area contributed by atoms with E-state index in [1.54, 1.807) is 13.0 Å². The summed E-state index contributed by atoms with van der Waals surface area (Å²) in [6.45, 7) is 1.56. The zero-order chi connectivity index (χ0) is 5.98. The second-order valence-electron chi connectivity index (χ2n) is 1.93. The summed E-state index contributed by atoms with van der Waals surface area (Å²) in [5, 5.41) is 0. The van der Waals surface area contributed by atoms with Crippen molar-refractivity contribution in [3.05, 3.63) is 23.8 Å². The van der Waals surface area contributed by atoms with Gasteiger partial charge in [-0.1, -0.05) is 12.2 Å². The minimum absolute atomic E-state index is 0.123. The highest BCUT2D eigenvalue weighted by atomic mass is 16.1. The number of rotatable bonds is 2. The second kappa shape index (κ2) is 1.95. The number of allylic oxidation sites excluding steroid dienone is 4. The van der Waals surface area contributed by atoms with Crippen LogP contribution in [0.2, 0.25) is 0 Å². The molecule has 0 N–H and O–H groups in total. The van der Waals surface area contributed by atoms with Gasteiger partial charge >= 0.3 is 0 Å². The summed E-state index contributed by atoms with van der Waals surface area (Å²) in [7, 11) is 0. The van der Waals surface area contributed by atoms with Crippen LogP contribution in [0.15, 0.2) is 23.8 Å². The normalized spacial score (nSPS) is 16.4. The maximum absolute atomic E-state index is 10.3. The molecule has 0 aromatic rings. The molecular formula is C7H8O. The van der Waals surface area contributed by atoms with Crippen molar-refractivity contribution in [2.24, 2.45) is 0 Å². The van der Waals surface area contributed by atoms with Gasteiger partial charge in [0.2, 0.25) is 0 Å². The Hall–Kier alpha value is -0.850. The van der Waals surface area contributed by atoms with E-state index in [1.165, 1.54) is 5.57 Å². The van der Waals surface area contributed by atoms with Crippen LogP contribution >= 0.6 is 0 Å². The van der Waals surface area contributed by atoms with Gasteiger partial charge in [-0.25, -0.2) is 0 Å². The average molecular weight is 108 g/mol. The van der Waals surface area contributed by atoms with Crippen molar-refractivity contribution in [2.75, 3.05) is 0 Å². The van der Waals surface area contributed by atoms with E-state index in [0.717, 1.165) is 6.42 Å². The molecule has 0 amide bonds. The van der Waals surface area contributed by atoms with Crippen molar-refractivity contribution >= 4 is 5.78 Å². The number of hydrogen-bond donors (Lipinski definition) is 0. The third-order valence-corrected chi connectivity index (χ3v) is 0.972. The fraction of sp³-hybridized carbons (Fsp3) is 0.286. The van der Waals surface area contributed by atoms with Crippen LogP contribution in [0.4, 0.5) is 0 Å². The molecule has 0 unspecified atom stereocenters. The first-order chi connectivity index (χ1) is 3.79. The smallest absolute Gasteiger partial charge is 0.152 e. The van der Waals surface area contributed by atoms with Gasteiger partial charge in [-0.2, -0.15) is 0 Å². The predicted octanol–water partition coefficient (Wildman–Crippen LogP) is 1.46. The van der Waals surface area contributed by atoms with E-state index >= 15 is 0 Å². The molecule has 1 aliphatic rings. The van der Waals surface area contributed by atoms with Gasteiger partial charge < -0.3 is 0 Å². The molecular weight excluding hydrogens is 100 g/mol. The first-order valence-electron chi connectivity index (χ1n) is 2.67. The summed E-state index contributed by atoms with van der Waals surface area (Å²) in [5.41, 5.74) is 1.28. The number of carbonyl (C=O) groups excluding carboxylic acids is 1. The van der Waals surface area contributed by atoms with Gasteiger partial charge in [-0.3, -0.25) is 4.79 Å². The highest BCUT2D eigenvalue weighted by Crippen LogP contribution is 2.18. The first-order valence-corrected chi connectivity index (χ1v) is 2.67. The highest BCUT2D eigenvalue weighted by molar-refractivity contribution is 5.87. The largest absolute Gasteiger partial charge is 0.295 e. The molecule has 0 spiro atoms. The topological polar surface area (TPSA) is 17.1 Å². The van der Waals surface area contributed by atoms with E-state index in [0.29, 0.717) is 0 Å². The fourth-order valence-corrected chi connectivity index (χ4v) is 0.419. The molecule has 0 heterocycles. The van der Waals surface area contributed by atoms with E-state index in [1.807, 2.05) is 6.08 Å². The van der Waals surface area contributed by atoms with Gasteiger partial charge in [0.1, 0.15) is 0 Å². The van der Waals surface area contributed by atoms with Crippen LogP contribution < -0.4 is 0 Å². The molecule has 1 heteroatoms. The van der Waals surface area contributed by atoms with Gasteiger partial charge in [-0.15, -0.1) is 0 Å². The van der Waals surface area contributed by atoms with E-state index in [-0.39, 0.29) is 5.78 Å². The van der Waals surface area contributed by atoms with Crippen LogP contribution in [0.3, 0.4) is 0 Å². The Kier molecular flexibility index (Phi) is 1.29. The number of ketones is 1. The zero-order valence-electron chi connectivity index (χ0n) is 4.85. The molecule has 42 valence electrons. The molecule has 0 fully saturated rings. The minimum atomic E-state index is 0.123. The summed E-state index contributed by atoms with van der Waals surface area (Å²) >= 11 is 0. The first kappa shape index (κ1) is 5.29. The quantitative estimate of drug-likeness (QED) is 0.489. The second-order valence-corrected chi connectivity index (χ2v) is 1.93. The summed E-state index contributed by atoms with van der Waals surface area (Å²) in [6.07, 6.45) is 6.62. The molecule has 1 aliphatic carbocycles. The summed E-state index contributed by atoms with van der Waals surface area (Å²) in [4.78, 5) is 10.3. The Bertz CT molecular complexity index is 159. The lowest BCUT2D eigenvalue weighted by Gasteiger charge is -1.73. The molecule has 8 heavy (non-hydrogen) atoms. The fourth-order valence-electron chi connectivity index (χ4n) is 0.419. The maximum Gasteiger partial charge on any atom is 0.152 e. The van der Waals surface area contributed by atoms with Crippen LogP contribution in [0.5, 0.6) is 0 Å². The zero-order valence-corrected chi connectivity index (χ0v) is 4.85. The van der Waals surface area contributed by atoms with Crippen molar-refractivity contribution in [2.45, 2.75) is 13.3 Å². The van der Waals surface area contributed by atoms with Crippen LogP contribution in [0.1, 0.15) is 13.3 Å². The van der Waals surface area contributed by atoms with Crippen molar-refractivity contribution in [3.8, 4) is 0 Å². The molecule has 0 bridgehead atoms.